The van der Waals surface area contributed by atoms with Crippen molar-refractivity contribution in [2.24, 2.45) is 5.92 Å². The van der Waals surface area contributed by atoms with Crippen molar-refractivity contribution in [3.8, 4) is 5.75 Å². The Bertz CT molecular complexity index is 352. The van der Waals surface area contributed by atoms with Crippen LogP contribution in [0.4, 0.5) is 4.39 Å². The van der Waals surface area contributed by atoms with E-state index in [0.717, 1.165) is 18.5 Å². The number of methoxy groups -OCH3 is 1. The number of hydrogen-bond donors (Lipinski definition) is 1. The molecule has 17 heavy (non-hydrogen) atoms. The maximum atomic E-state index is 13.5. The second-order valence-corrected chi connectivity index (χ2v) is 4.75. The third kappa shape index (κ3) is 4.35. The van der Waals surface area contributed by atoms with Gasteiger partial charge in [-0.15, -0.1) is 0 Å². The maximum Gasteiger partial charge on any atom is 0.165 e. The first kappa shape index (κ1) is 14.0. The molecular weight excluding hydrogens is 217 g/mol. The van der Waals surface area contributed by atoms with Crippen molar-refractivity contribution in [1.29, 1.82) is 0 Å². The summed E-state index contributed by atoms with van der Waals surface area (Å²) in [6.07, 6.45) is 1.13. The highest BCUT2D eigenvalue weighted by Gasteiger charge is 2.09. The quantitative estimate of drug-likeness (QED) is 0.820. The summed E-state index contributed by atoms with van der Waals surface area (Å²) >= 11 is 0. The van der Waals surface area contributed by atoms with E-state index >= 15 is 0 Å². The van der Waals surface area contributed by atoms with Crippen LogP contribution in [-0.2, 0) is 0 Å². The molecule has 96 valence electrons. The van der Waals surface area contributed by atoms with Crippen molar-refractivity contribution in [3.63, 3.8) is 0 Å². The Hall–Kier alpha value is -1.09. The first-order valence-corrected chi connectivity index (χ1v) is 6.11. The zero-order valence-corrected chi connectivity index (χ0v) is 11.1. The summed E-state index contributed by atoms with van der Waals surface area (Å²) < 4.78 is 18.4. The molecule has 1 aromatic rings. The van der Waals surface area contributed by atoms with Crippen LogP contribution in [0.15, 0.2) is 18.2 Å². The molecule has 1 unspecified atom stereocenters. The van der Waals surface area contributed by atoms with Crippen LogP contribution in [0.1, 0.15) is 38.8 Å². The monoisotopic (exact) mass is 239 g/mol. The molecular formula is C14H22FNO. The minimum atomic E-state index is -0.303. The Morgan fingerprint density at radius 2 is 2.00 bits per heavy atom. The van der Waals surface area contributed by atoms with Crippen LogP contribution in [0.3, 0.4) is 0 Å². The summed E-state index contributed by atoms with van der Waals surface area (Å²) in [7, 11) is 1.47. The zero-order chi connectivity index (χ0) is 12.8. The van der Waals surface area contributed by atoms with Gasteiger partial charge in [0.05, 0.1) is 7.11 Å². The molecule has 0 aliphatic carbocycles. The minimum Gasteiger partial charge on any atom is -0.494 e. The average Bonchev–Trinajstić information content (AvgIpc) is 2.28. The molecule has 0 aromatic heterocycles. The first-order chi connectivity index (χ1) is 8.04. The van der Waals surface area contributed by atoms with Crippen molar-refractivity contribution in [3.05, 3.63) is 29.6 Å². The van der Waals surface area contributed by atoms with Crippen LogP contribution in [0, 0.1) is 11.7 Å². The molecule has 0 saturated carbocycles. The third-order valence-corrected chi connectivity index (χ3v) is 2.85. The van der Waals surface area contributed by atoms with Gasteiger partial charge in [0.25, 0.3) is 0 Å². The summed E-state index contributed by atoms with van der Waals surface area (Å²) in [5.41, 5.74) is 0.951. The van der Waals surface area contributed by atoms with E-state index in [1.807, 2.05) is 13.0 Å². The van der Waals surface area contributed by atoms with E-state index in [1.165, 1.54) is 13.2 Å². The van der Waals surface area contributed by atoms with E-state index in [4.69, 9.17) is 4.74 Å². The van der Waals surface area contributed by atoms with E-state index in [-0.39, 0.29) is 11.9 Å². The van der Waals surface area contributed by atoms with Crippen LogP contribution in [0.25, 0.3) is 0 Å². The second-order valence-electron chi connectivity index (χ2n) is 4.75. The SMILES string of the molecule is COc1ccc(C(C)NCCC(C)C)cc1F. The molecule has 0 aliphatic heterocycles. The zero-order valence-electron chi connectivity index (χ0n) is 11.1. The normalized spacial score (nSPS) is 12.8. The Morgan fingerprint density at radius 1 is 1.29 bits per heavy atom. The van der Waals surface area contributed by atoms with Crippen LogP contribution >= 0.6 is 0 Å². The fourth-order valence-corrected chi connectivity index (χ4v) is 1.66. The van der Waals surface area contributed by atoms with Gasteiger partial charge in [0.2, 0.25) is 0 Å². The van der Waals surface area contributed by atoms with Gasteiger partial charge in [-0.25, -0.2) is 4.39 Å². The number of halogens is 1. The molecule has 1 N–H and O–H groups in total. The van der Waals surface area contributed by atoms with Gasteiger partial charge in [-0.1, -0.05) is 19.9 Å². The van der Waals surface area contributed by atoms with Gasteiger partial charge in [0.15, 0.2) is 11.6 Å². The molecule has 0 spiro atoms. The summed E-state index contributed by atoms with van der Waals surface area (Å²) in [6.45, 7) is 7.38. The van der Waals surface area contributed by atoms with E-state index in [9.17, 15) is 4.39 Å². The molecule has 0 aliphatic rings. The van der Waals surface area contributed by atoms with Gasteiger partial charge in [0.1, 0.15) is 0 Å². The highest BCUT2D eigenvalue weighted by molar-refractivity contribution is 5.30. The van der Waals surface area contributed by atoms with Gasteiger partial charge in [-0.3, -0.25) is 0 Å². The highest BCUT2D eigenvalue weighted by Crippen LogP contribution is 2.21. The standard InChI is InChI=1S/C14H22FNO/c1-10(2)7-8-16-11(3)12-5-6-14(17-4)13(15)9-12/h5-6,9-11,16H,7-8H2,1-4H3. The van der Waals surface area contributed by atoms with Crippen LogP contribution in [-0.4, -0.2) is 13.7 Å². The lowest BCUT2D eigenvalue weighted by Crippen LogP contribution is -2.21. The number of rotatable bonds is 6. The molecule has 0 amide bonds. The largest absolute Gasteiger partial charge is 0.494 e. The van der Waals surface area contributed by atoms with Crippen molar-refractivity contribution < 1.29 is 9.13 Å². The average molecular weight is 239 g/mol. The van der Waals surface area contributed by atoms with E-state index in [1.54, 1.807) is 6.07 Å². The molecule has 1 aromatic carbocycles. The van der Waals surface area contributed by atoms with Crippen LogP contribution < -0.4 is 10.1 Å². The van der Waals surface area contributed by atoms with E-state index in [2.05, 4.69) is 19.2 Å². The Kier molecular flexibility index (Phi) is 5.42. The number of ether oxygens (including phenoxy) is 1. The van der Waals surface area contributed by atoms with Crippen molar-refractivity contribution in [2.75, 3.05) is 13.7 Å². The number of benzene rings is 1. The molecule has 1 rings (SSSR count). The molecule has 3 heteroatoms. The molecule has 0 radical (unpaired) electrons. The Morgan fingerprint density at radius 3 is 2.53 bits per heavy atom. The van der Waals surface area contributed by atoms with Crippen molar-refractivity contribution in [2.45, 2.75) is 33.2 Å². The van der Waals surface area contributed by atoms with Gasteiger partial charge in [-0.05, 0) is 43.5 Å². The maximum absolute atomic E-state index is 13.5. The fourth-order valence-electron chi connectivity index (χ4n) is 1.66. The van der Waals surface area contributed by atoms with E-state index < -0.39 is 0 Å². The molecule has 1 atom stereocenters. The van der Waals surface area contributed by atoms with Gasteiger partial charge < -0.3 is 10.1 Å². The van der Waals surface area contributed by atoms with Gasteiger partial charge >= 0.3 is 0 Å². The molecule has 0 saturated heterocycles. The van der Waals surface area contributed by atoms with Crippen LogP contribution in [0.2, 0.25) is 0 Å². The predicted octanol–water partition coefficient (Wildman–Crippen LogP) is 3.53. The first-order valence-electron chi connectivity index (χ1n) is 6.11. The number of hydrogen-bond acceptors (Lipinski definition) is 2. The van der Waals surface area contributed by atoms with E-state index in [0.29, 0.717) is 11.7 Å². The minimum absolute atomic E-state index is 0.161. The Labute approximate surface area is 103 Å². The lowest BCUT2D eigenvalue weighted by Gasteiger charge is -2.16. The van der Waals surface area contributed by atoms with Crippen LogP contribution in [0.5, 0.6) is 5.75 Å². The van der Waals surface area contributed by atoms with Crippen molar-refractivity contribution in [1.82, 2.24) is 5.32 Å². The lowest BCUT2D eigenvalue weighted by atomic mass is 10.1. The smallest absolute Gasteiger partial charge is 0.165 e. The molecule has 2 nitrogen and oxygen atoms in total. The Balaban J connectivity index is 2.57. The molecule has 0 heterocycles. The summed E-state index contributed by atoms with van der Waals surface area (Å²) in [6, 6.07) is 5.26. The summed E-state index contributed by atoms with van der Waals surface area (Å²) in [5, 5.41) is 3.39. The third-order valence-electron chi connectivity index (χ3n) is 2.85. The molecule has 0 bridgehead atoms. The van der Waals surface area contributed by atoms with Gasteiger partial charge in [0, 0.05) is 6.04 Å². The van der Waals surface area contributed by atoms with Gasteiger partial charge in [-0.2, -0.15) is 0 Å². The highest BCUT2D eigenvalue weighted by atomic mass is 19.1. The lowest BCUT2D eigenvalue weighted by molar-refractivity contribution is 0.385. The van der Waals surface area contributed by atoms with Crippen molar-refractivity contribution >= 4 is 0 Å². The fraction of sp³-hybridized carbons (Fsp3) is 0.571. The summed E-state index contributed by atoms with van der Waals surface area (Å²) in [4.78, 5) is 0. The predicted molar refractivity (Wildman–Crippen MR) is 68.8 cm³/mol. The molecule has 0 fully saturated rings. The number of nitrogens with one attached hydrogen (secondary N) is 1. The topological polar surface area (TPSA) is 21.3 Å². The second kappa shape index (κ2) is 6.60. The summed E-state index contributed by atoms with van der Waals surface area (Å²) in [5.74, 6) is 0.674.